The van der Waals surface area contributed by atoms with Crippen molar-refractivity contribution in [2.24, 2.45) is 7.05 Å². The Bertz CT molecular complexity index is 814. The molecule has 2 heterocycles. The molecule has 0 fully saturated rings. The maximum atomic E-state index is 5.68. The molecule has 0 aliphatic rings. The molecule has 24 heavy (non-hydrogen) atoms. The summed E-state index contributed by atoms with van der Waals surface area (Å²) in [5.74, 6) is 1.55. The molecule has 0 aliphatic heterocycles. The van der Waals surface area contributed by atoms with Crippen molar-refractivity contribution in [2.75, 3.05) is 18.5 Å². The highest BCUT2D eigenvalue weighted by Crippen LogP contribution is 2.34. The average Bonchev–Trinajstić information content (AvgIpc) is 3.19. The van der Waals surface area contributed by atoms with Gasteiger partial charge in [-0.1, -0.05) is 5.21 Å². The Labute approximate surface area is 144 Å². The van der Waals surface area contributed by atoms with Gasteiger partial charge in [-0.05, 0) is 26.0 Å². The Hall–Kier alpha value is -2.61. The standard InChI is InChI=1S/C16H19N5O2S/c1-4-22-11-6-7-15(23-5-2)12(8-11)18-16-19-13(10-24-16)14-9-17-20-21(14)3/h6-10H,4-5H2,1-3H3,(H,18,19). The van der Waals surface area contributed by atoms with E-state index >= 15 is 0 Å². The lowest BCUT2D eigenvalue weighted by atomic mass is 10.2. The van der Waals surface area contributed by atoms with Crippen molar-refractivity contribution >= 4 is 22.2 Å². The van der Waals surface area contributed by atoms with Gasteiger partial charge in [0.1, 0.15) is 22.9 Å². The molecular formula is C16H19N5O2S. The summed E-state index contributed by atoms with van der Waals surface area (Å²) < 4.78 is 12.9. The van der Waals surface area contributed by atoms with E-state index in [0.717, 1.165) is 33.7 Å². The van der Waals surface area contributed by atoms with Crippen LogP contribution in [0.1, 0.15) is 13.8 Å². The third kappa shape index (κ3) is 3.48. The Kier molecular flexibility index (Phi) is 4.95. The molecule has 1 N–H and O–H groups in total. The van der Waals surface area contributed by atoms with Gasteiger partial charge < -0.3 is 14.8 Å². The molecule has 1 aromatic carbocycles. The quantitative estimate of drug-likeness (QED) is 0.707. The van der Waals surface area contributed by atoms with Gasteiger partial charge >= 0.3 is 0 Å². The number of nitrogens with one attached hydrogen (secondary N) is 1. The number of aryl methyl sites for hydroxylation is 1. The van der Waals surface area contributed by atoms with E-state index < -0.39 is 0 Å². The average molecular weight is 345 g/mol. The van der Waals surface area contributed by atoms with E-state index in [2.05, 4.69) is 20.6 Å². The summed E-state index contributed by atoms with van der Waals surface area (Å²) in [5.41, 5.74) is 2.52. The minimum absolute atomic E-state index is 0.590. The van der Waals surface area contributed by atoms with Crippen LogP contribution in [0.15, 0.2) is 29.8 Å². The molecule has 0 atom stereocenters. The van der Waals surface area contributed by atoms with Crippen molar-refractivity contribution in [3.05, 3.63) is 29.8 Å². The summed E-state index contributed by atoms with van der Waals surface area (Å²) in [6.45, 7) is 5.12. The second kappa shape index (κ2) is 7.31. The van der Waals surface area contributed by atoms with Crippen molar-refractivity contribution in [3.63, 3.8) is 0 Å². The number of hydrogen-bond donors (Lipinski definition) is 1. The zero-order chi connectivity index (χ0) is 16.9. The van der Waals surface area contributed by atoms with E-state index in [1.807, 2.05) is 44.5 Å². The zero-order valence-electron chi connectivity index (χ0n) is 13.8. The van der Waals surface area contributed by atoms with Crippen LogP contribution in [0.4, 0.5) is 10.8 Å². The van der Waals surface area contributed by atoms with E-state index in [-0.39, 0.29) is 0 Å². The molecule has 0 aliphatic carbocycles. The van der Waals surface area contributed by atoms with Gasteiger partial charge in [-0.3, -0.25) is 0 Å². The van der Waals surface area contributed by atoms with Gasteiger partial charge in [-0.2, -0.15) is 0 Å². The van der Waals surface area contributed by atoms with E-state index in [9.17, 15) is 0 Å². The predicted octanol–water partition coefficient (Wildman–Crippen LogP) is 3.48. The highest BCUT2D eigenvalue weighted by Gasteiger charge is 2.11. The summed E-state index contributed by atoms with van der Waals surface area (Å²) in [6, 6.07) is 5.71. The summed E-state index contributed by atoms with van der Waals surface area (Å²) in [5, 5.41) is 13.9. The van der Waals surface area contributed by atoms with Crippen LogP contribution in [0.5, 0.6) is 11.5 Å². The van der Waals surface area contributed by atoms with Crippen molar-refractivity contribution in [3.8, 4) is 22.9 Å². The number of rotatable bonds is 7. The molecule has 3 rings (SSSR count). The highest BCUT2D eigenvalue weighted by atomic mass is 32.1. The molecule has 3 aromatic rings. The minimum atomic E-state index is 0.590. The Morgan fingerprint density at radius 2 is 2.04 bits per heavy atom. The van der Waals surface area contributed by atoms with Crippen LogP contribution >= 0.6 is 11.3 Å². The summed E-state index contributed by atoms with van der Waals surface area (Å²) in [4.78, 5) is 4.60. The number of hydrogen-bond acceptors (Lipinski definition) is 7. The monoisotopic (exact) mass is 345 g/mol. The fourth-order valence-corrected chi connectivity index (χ4v) is 2.95. The lowest BCUT2D eigenvalue weighted by Gasteiger charge is -2.12. The SMILES string of the molecule is CCOc1ccc(OCC)c(Nc2nc(-c3cnnn3C)cs2)c1. The molecule has 0 bridgehead atoms. The molecule has 7 nitrogen and oxygen atoms in total. The van der Waals surface area contributed by atoms with Crippen LogP contribution in [-0.2, 0) is 7.05 Å². The maximum absolute atomic E-state index is 5.68. The highest BCUT2D eigenvalue weighted by molar-refractivity contribution is 7.14. The fourth-order valence-electron chi connectivity index (χ4n) is 2.23. The Balaban J connectivity index is 1.86. The molecule has 0 spiro atoms. The molecule has 0 saturated heterocycles. The fraction of sp³-hybridized carbons (Fsp3) is 0.312. The first-order valence-corrected chi connectivity index (χ1v) is 8.56. The summed E-state index contributed by atoms with van der Waals surface area (Å²) in [6.07, 6.45) is 1.69. The maximum Gasteiger partial charge on any atom is 0.187 e. The Morgan fingerprint density at radius 1 is 1.21 bits per heavy atom. The van der Waals surface area contributed by atoms with E-state index in [4.69, 9.17) is 9.47 Å². The third-order valence-electron chi connectivity index (χ3n) is 3.28. The van der Waals surface area contributed by atoms with Gasteiger partial charge in [0.25, 0.3) is 0 Å². The van der Waals surface area contributed by atoms with E-state index in [1.165, 1.54) is 11.3 Å². The molecule has 0 radical (unpaired) electrons. The number of nitrogens with zero attached hydrogens (tertiary/aromatic N) is 4. The van der Waals surface area contributed by atoms with Gasteiger partial charge in [0.2, 0.25) is 0 Å². The second-order valence-electron chi connectivity index (χ2n) is 4.93. The van der Waals surface area contributed by atoms with Gasteiger partial charge in [0.05, 0.1) is 25.1 Å². The zero-order valence-corrected chi connectivity index (χ0v) is 14.6. The normalized spacial score (nSPS) is 10.6. The lowest BCUT2D eigenvalue weighted by molar-refractivity contribution is 0.332. The number of benzene rings is 1. The van der Waals surface area contributed by atoms with Crippen LogP contribution in [0.3, 0.4) is 0 Å². The van der Waals surface area contributed by atoms with Crippen LogP contribution in [0, 0.1) is 0 Å². The Morgan fingerprint density at radius 3 is 2.75 bits per heavy atom. The van der Waals surface area contributed by atoms with Gasteiger partial charge in [-0.15, -0.1) is 16.4 Å². The number of anilines is 2. The largest absolute Gasteiger partial charge is 0.494 e. The molecule has 0 amide bonds. The van der Waals surface area contributed by atoms with Gasteiger partial charge in [-0.25, -0.2) is 9.67 Å². The van der Waals surface area contributed by atoms with Crippen molar-refractivity contribution in [1.82, 2.24) is 20.0 Å². The number of aromatic nitrogens is 4. The van der Waals surface area contributed by atoms with E-state index in [0.29, 0.717) is 13.2 Å². The smallest absolute Gasteiger partial charge is 0.187 e. The summed E-state index contributed by atoms with van der Waals surface area (Å²) >= 11 is 1.51. The molecule has 0 unspecified atom stereocenters. The van der Waals surface area contributed by atoms with Crippen LogP contribution in [0.2, 0.25) is 0 Å². The molecule has 0 saturated carbocycles. The van der Waals surface area contributed by atoms with Crippen molar-refractivity contribution < 1.29 is 9.47 Å². The van der Waals surface area contributed by atoms with Crippen molar-refractivity contribution in [2.45, 2.75) is 13.8 Å². The molecule has 2 aromatic heterocycles. The first kappa shape index (κ1) is 16.3. The van der Waals surface area contributed by atoms with Crippen LogP contribution in [0.25, 0.3) is 11.4 Å². The first-order valence-electron chi connectivity index (χ1n) is 7.68. The molecular weight excluding hydrogens is 326 g/mol. The van der Waals surface area contributed by atoms with Gasteiger partial charge in [0, 0.05) is 18.5 Å². The van der Waals surface area contributed by atoms with Crippen LogP contribution < -0.4 is 14.8 Å². The minimum Gasteiger partial charge on any atom is -0.494 e. The summed E-state index contributed by atoms with van der Waals surface area (Å²) in [7, 11) is 1.84. The topological polar surface area (TPSA) is 74.1 Å². The first-order chi connectivity index (χ1) is 11.7. The lowest BCUT2D eigenvalue weighted by Crippen LogP contribution is -1.99. The third-order valence-corrected chi connectivity index (χ3v) is 4.04. The molecule has 8 heteroatoms. The molecule has 126 valence electrons. The van der Waals surface area contributed by atoms with E-state index in [1.54, 1.807) is 10.9 Å². The number of thiazole rings is 1. The second-order valence-corrected chi connectivity index (χ2v) is 5.79. The van der Waals surface area contributed by atoms with Crippen LogP contribution in [-0.4, -0.2) is 33.2 Å². The number of ether oxygens (including phenoxy) is 2. The van der Waals surface area contributed by atoms with Gasteiger partial charge in [0.15, 0.2) is 5.13 Å². The van der Waals surface area contributed by atoms with Crippen molar-refractivity contribution in [1.29, 1.82) is 0 Å². The predicted molar refractivity (Wildman–Crippen MR) is 94.2 cm³/mol.